The summed E-state index contributed by atoms with van der Waals surface area (Å²) in [6.45, 7) is 11.6. The van der Waals surface area contributed by atoms with Gasteiger partial charge in [0.2, 0.25) is 5.89 Å². The lowest BCUT2D eigenvalue weighted by molar-refractivity contribution is 0.366. The molecule has 0 aliphatic carbocycles. The van der Waals surface area contributed by atoms with Gasteiger partial charge in [-0.1, -0.05) is 25.1 Å². The van der Waals surface area contributed by atoms with Gasteiger partial charge in [0.05, 0.1) is 7.11 Å². The summed E-state index contributed by atoms with van der Waals surface area (Å²) in [7, 11) is 1.71. The molecule has 3 rings (SSSR count). The van der Waals surface area contributed by atoms with Crippen molar-refractivity contribution in [2.45, 2.75) is 39.5 Å². The molecule has 1 saturated heterocycles. The third-order valence-electron chi connectivity index (χ3n) is 5.14. The zero-order valence-electron chi connectivity index (χ0n) is 18.6. The quantitative estimate of drug-likeness (QED) is 0.404. The van der Waals surface area contributed by atoms with Gasteiger partial charge in [-0.15, -0.1) is 0 Å². The van der Waals surface area contributed by atoms with Gasteiger partial charge in [0.1, 0.15) is 5.75 Å². The fourth-order valence-corrected chi connectivity index (χ4v) is 3.43. The third-order valence-corrected chi connectivity index (χ3v) is 5.14. The molecule has 1 aromatic heterocycles. The average Bonchev–Trinajstić information content (AvgIpc) is 3.25. The largest absolute Gasteiger partial charge is 0.497 e. The molecule has 8 nitrogen and oxygen atoms in total. The second kappa shape index (κ2) is 10.8. The van der Waals surface area contributed by atoms with E-state index in [0.717, 1.165) is 69.6 Å². The number of aliphatic imine (C=N–C) groups is 1. The molecule has 1 aromatic carbocycles. The second-order valence-corrected chi connectivity index (χ2v) is 7.72. The molecule has 8 heteroatoms. The van der Waals surface area contributed by atoms with E-state index in [0.29, 0.717) is 5.89 Å². The highest BCUT2D eigenvalue weighted by atomic mass is 16.5. The molecule has 0 atom stereocenters. The standard InChI is InChI=1S/C22H34N6O2/c1-5-23-22(24-11-7-10-20-25-21(17(2)3)26-30-20)28-14-12-27(13-15-28)18-8-6-9-19(16-18)29-4/h6,8-9,16-17H,5,7,10-15H2,1-4H3,(H,23,24). The number of anilines is 1. The Kier molecular flexibility index (Phi) is 7.93. The van der Waals surface area contributed by atoms with Crippen LogP contribution < -0.4 is 15.0 Å². The van der Waals surface area contributed by atoms with Gasteiger partial charge in [0.15, 0.2) is 11.8 Å². The highest BCUT2D eigenvalue weighted by Gasteiger charge is 2.20. The van der Waals surface area contributed by atoms with Gasteiger partial charge in [-0.2, -0.15) is 4.98 Å². The first-order valence-electron chi connectivity index (χ1n) is 10.9. The number of ether oxygens (including phenoxy) is 1. The molecule has 0 bridgehead atoms. The van der Waals surface area contributed by atoms with Crippen LogP contribution in [0.15, 0.2) is 33.8 Å². The molecule has 0 spiro atoms. The van der Waals surface area contributed by atoms with Crippen molar-refractivity contribution in [1.82, 2.24) is 20.4 Å². The molecular weight excluding hydrogens is 380 g/mol. The smallest absolute Gasteiger partial charge is 0.226 e. The predicted molar refractivity (Wildman–Crippen MR) is 119 cm³/mol. The van der Waals surface area contributed by atoms with E-state index >= 15 is 0 Å². The van der Waals surface area contributed by atoms with Crippen molar-refractivity contribution in [1.29, 1.82) is 0 Å². The number of nitrogens with zero attached hydrogens (tertiary/aromatic N) is 5. The average molecular weight is 415 g/mol. The summed E-state index contributed by atoms with van der Waals surface area (Å²) in [4.78, 5) is 14.0. The van der Waals surface area contributed by atoms with E-state index in [1.54, 1.807) is 7.11 Å². The Hall–Kier alpha value is -2.77. The normalized spacial score (nSPS) is 15.0. The minimum Gasteiger partial charge on any atom is -0.497 e. The predicted octanol–water partition coefficient (Wildman–Crippen LogP) is 2.92. The monoisotopic (exact) mass is 414 g/mol. The summed E-state index contributed by atoms with van der Waals surface area (Å²) in [5.74, 6) is 3.64. The minimum atomic E-state index is 0.288. The topological polar surface area (TPSA) is 79.0 Å². The van der Waals surface area contributed by atoms with Crippen LogP contribution in [0, 0.1) is 0 Å². The van der Waals surface area contributed by atoms with Crippen LogP contribution >= 0.6 is 0 Å². The van der Waals surface area contributed by atoms with Gasteiger partial charge in [-0.25, -0.2) is 0 Å². The maximum atomic E-state index is 5.36. The minimum absolute atomic E-state index is 0.288. The van der Waals surface area contributed by atoms with Crippen molar-refractivity contribution < 1.29 is 9.26 Å². The molecule has 2 heterocycles. The molecule has 164 valence electrons. The van der Waals surface area contributed by atoms with Crippen LogP contribution in [0.5, 0.6) is 5.75 Å². The van der Waals surface area contributed by atoms with Crippen LogP contribution in [-0.4, -0.2) is 67.4 Å². The Morgan fingerprint density at radius 1 is 1.27 bits per heavy atom. The van der Waals surface area contributed by atoms with E-state index in [4.69, 9.17) is 14.3 Å². The molecule has 1 N–H and O–H groups in total. The van der Waals surface area contributed by atoms with Crippen molar-refractivity contribution in [3.63, 3.8) is 0 Å². The second-order valence-electron chi connectivity index (χ2n) is 7.72. The number of methoxy groups -OCH3 is 1. The van der Waals surface area contributed by atoms with Gasteiger partial charge in [0.25, 0.3) is 0 Å². The van der Waals surface area contributed by atoms with Gasteiger partial charge in [0, 0.05) is 63.4 Å². The zero-order chi connectivity index (χ0) is 21.3. The summed E-state index contributed by atoms with van der Waals surface area (Å²) in [6.07, 6.45) is 1.64. The van der Waals surface area contributed by atoms with Gasteiger partial charge >= 0.3 is 0 Å². The molecule has 30 heavy (non-hydrogen) atoms. The number of aromatic nitrogens is 2. The summed E-state index contributed by atoms with van der Waals surface area (Å²) in [5, 5.41) is 7.45. The fourth-order valence-electron chi connectivity index (χ4n) is 3.43. The van der Waals surface area contributed by atoms with E-state index in [1.165, 1.54) is 5.69 Å². The lowest BCUT2D eigenvalue weighted by Crippen LogP contribution is -2.52. The van der Waals surface area contributed by atoms with Crippen LogP contribution in [-0.2, 0) is 6.42 Å². The summed E-state index contributed by atoms with van der Waals surface area (Å²) in [6, 6.07) is 8.25. The number of hydrogen-bond acceptors (Lipinski definition) is 6. The van der Waals surface area contributed by atoms with E-state index < -0.39 is 0 Å². The SMILES string of the molecule is CCNC(=NCCCc1nc(C(C)C)no1)N1CCN(c2cccc(OC)c2)CC1. The number of hydrogen-bond donors (Lipinski definition) is 1. The van der Waals surface area contributed by atoms with Crippen LogP contribution in [0.1, 0.15) is 44.8 Å². The Labute approximate surface area is 179 Å². The molecule has 0 unspecified atom stereocenters. The maximum Gasteiger partial charge on any atom is 0.226 e. The van der Waals surface area contributed by atoms with Gasteiger partial charge in [-0.05, 0) is 25.5 Å². The Balaban J connectivity index is 1.50. The first-order chi connectivity index (χ1) is 14.6. The highest BCUT2D eigenvalue weighted by molar-refractivity contribution is 5.80. The van der Waals surface area contributed by atoms with Crippen LogP contribution in [0.25, 0.3) is 0 Å². The highest BCUT2D eigenvalue weighted by Crippen LogP contribution is 2.22. The zero-order valence-corrected chi connectivity index (χ0v) is 18.6. The van der Waals surface area contributed by atoms with Crippen molar-refractivity contribution in [2.24, 2.45) is 4.99 Å². The number of aryl methyl sites for hydroxylation is 1. The van der Waals surface area contributed by atoms with Crippen molar-refractivity contribution >= 4 is 11.6 Å². The Morgan fingerprint density at radius 2 is 2.07 bits per heavy atom. The number of piperazine rings is 1. The fraction of sp³-hybridized carbons (Fsp3) is 0.591. The molecule has 0 saturated carbocycles. The van der Waals surface area contributed by atoms with Gasteiger partial charge < -0.3 is 24.4 Å². The van der Waals surface area contributed by atoms with E-state index in [2.05, 4.69) is 58.2 Å². The van der Waals surface area contributed by atoms with Crippen molar-refractivity contribution in [2.75, 3.05) is 51.3 Å². The van der Waals surface area contributed by atoms with E-state index in [9.17, 15) is 0 Å². The number of guanidine groups is 1. The summed E-state index contributed by atoms with van der Waals surface area (Å²) < 4.78 is 10.7. The Morgan fingerprint density at radius 3 is 2.73 bits per heavy atom. The van der Waals surface area contributed by atoms with Crippen LogP contribution in [0.2, 0.25) is 0 Å². The van der Waals surface area contributed by atoms with Crippen molar-refractivity contribution in [3.05, 3.63) is 36.0 Å². The molecular formula is C22H34N6O2. The molecule has 1 fully saturated rings. The lowest BCUT2D eigenvalue weighted by Gasteiger charge is -2.37. The summed E-state index contributed by atoms with van der Waals surface area (Å²) >= 11 is 0. The number of rotatable bonds is 8. The first kappa shape index (κ1) is 21.9. The van der Waals surface area contributed by atoms with Crippen molar-refractivity contribution in [3.8, 4) is 5.75 Å². The van der Waals surface area contributed by atoms with Gasteiger partial charge in [-0.3, -0.25) is 4.99 Å². The van der Waals surface area contributed by atoms with Crippen LogP contribution in [0.4, 0.5) is 5.69 Å². The number of nitrogens with one attached hydrogen (secondary N) is 1. The first-order valence-corrected chi connectivity index (χ1v) is 10.9. The lowest BCUT2D eigenvalue weighted by atomic mass is 10.2. The maximum absolute atomic E-state index is 5.36. The molecule has 1 aliphatic rings. The van der Waals surface area contributed by atoms with E-state index in [1.807, 2.05) is 12.1 Å². The third kappa shape index (κ3) is 5.87. The Bertz CT molecular complexity index is 811. The molecule has 2 aromatic rings. The number of benzene rings is 1. The summed E-state index contributed by atoms with van der Waals surface area (Å²) in [5.41, 5.74) is 1.20. The molecule has 0 radical (unpaired) electrons. The van der Waals surface area contributed by atoms with Crippen LogP contribution in [0.3, 0.4) is 0 Å². The molecule has 1 aliphatic heterocycles. The molecule has 0 amide bonds. The van der Waals surface area contributed by atoms with E-state index in [-0.39, 0.29) is 5.92 Å².